The van der Waals surface area contributed by atoms with Gasteiger partial charge >= 0.3 is 12.0 Å². The highest BCUT2D eigenvalue weighted by Gasteiger charge is 2.37. The summed E-state index contributed by atoms with van der Waals surface area (Å²) in [5, 5.41) is 2.26. The Balaban J connectivity index is 1.73. The van der Waals surface area contributed by atoms with Gasteiger partial charge in [0.1, 0.15) is 5.57 Å². The van der Waals surface area contributed by atoms with E-state index in [1.807, 2.05) is 49.6 Å². The van der Waals surface area contributed by atoms with E-state index in [4.69, 9.17) is 4.74 Å². The fourth-order valence-corrected chi connectivity index (χ4v) is 4.15. The average Bonchev–Trinajstić information content (AvgIpc) is 3.14. The number of hydrogen-bond acceptors (Lipinski definition) is 5. The fourth-order valence-electron chi connectivity index (χ4n) is 4.15. The number of esters is 1. The van der Waals surface area contributed by atoms with Crippen LogP contribution in [0, 0.1) is 13.8 Å². The van der Waals surface area contributed by atoms with Gasteiger partial charge < -0.3 is 9.30 Å². The standard InChI is InChI=1S/C27H25N3O5/c1-5-18-9-11-21(12-10-18)30-25(32)23(24(31)28-27(30)34)15-20-13-16(2)29(17(20)3)22-8-6-7-19(14-22)26(33)35-4/h6-15H,5H2,1-4H3,(H,28,31,34)/b23-15+. The minimum atomic E-state index is -0.786. The third kappa shape index (κ3) is 4.38. The molecule has 1 fully saturated rings. The maximum Gasteiger partial charge on any atom is 0.337 e. The molecule has 0 saturated carbocycles. The van der Waals surface area contributed by atoms with Crippen LogP contribution in [-0.4, -0.2) is 35.5 Å². The van der Waals surface area contributed by atoms with Gasteiger partial charge in [-0.25, -0.2) is 14.5 Å². The van der Waals surface area contributed by atoms with Gasteiger partial charge in [-0.3, -0.25) is 14.9 Å². The first-order chi connectivity index (χ1) is 16.7. The van der Waals surface area contributed by atoms with Crippen LogP contribution in [0.25, 0.3) is 11.8 Å². The van der Waals surface area contributed by atoms with Crippen molar-refractivity contribution in [2.45, 2.75) is 27.2 Å². The minimum Gasteiger partial charge on any atom is -0.465 e. The number of carbonyl (C=O) groups excluding carboxylic acids is 4. The van der Waals surface area contributed by atoms with Gasteiger partial charge in [0.05, 0.1) is 18.4 Å². The maximum absolute atomic E-state index is 13.2. The molecule has 35 heavy (non-hydrogen) atoms. The van der Waals surface area contributed by atoms with Crippen molar-refractivity contribution in [3.05, 3.63) is 88.2 Å². The van der Waals surface area contributed by atoms with E-state index in [1.54, 1.807) is 30.3 Å². The maximum atomic E-state index is 13.2. The molecule has 178 valence electrons. The number of aromatic nitrogens is 1. The lowest BCUT2D eigenvalue weighted by atomic mass is 10.1. The van der Waals surface area contributed by atoms with Crippen LogP contribution in [0.5, 0.6) is 0 Å². The Hall–Kier alpha value is -4.46. The summed E-state index contributed by atoms with van der Waals surface area (Å²) in [6.07, 6.45) is 2.31. The molecule has 0 atom stereocenters. The lowest BCUT2D eigenvalue weighted by molar-refractivity contribution is -0.122. The number of anilines is 1. The highest BCUT2D eigenvalue weighted by atomic mass is 16.5. The van der Waals surface area contributed by atoms with Crippen molar-refractivity contribution in [3.63, 3.8) is 0 Å². The second-order valence-electron chi connectivity index (χ2n) is 8.18. The molecule has 0 spiro atoms. The zero-order valence-electron chi connectivity index (χ0n) is 19.9. The summed E-state index contributed by atoms with van der Waals surface area (Å²) in [6, 6.07) is 15.1. The zero-order valence-corrected chi connectivity index (χ0v) is 19.9. The molecule has 3 aromatic rings. The summed E-state index contributed by atoms with van der Waals surface area (Å²) in [5.74, 6) is -1.89. The molecular formula is C27H25N3O5. The Morgan fingerprint density at radius 2 is 1.71 bits per heavy atom. The summed E-state index contributed by atoms with van der Waals surface area (Å²) < 4.78 is 6.73. The fraction of sp³-hybridized carbons (Fsp3) is 0.185. The molecule has 1 aliphatic rings. The molecule has 8 heteroatoms. The summed E-state index contributed by atoms with van der Waals surface area (Å²) in [7, 11) is 1.32. The van der Waals surface area contributed by atoms with Gasteiger partial charge in [-0.2, -0.15) is 0 Å². The van der Waals surface area contributed by atoms with Crippen LogP contribution in [0.2, 0.25) is 0 Å². The monoisotopic (exact) mass is 471 g/mol. The number of rotatable bonds is 5. The smallest absolute Gasteiger partial charge is 0.337 e. The predicted molar refractivity (Wildman–Crippen MR) is 131 cm³/mol. The van der Waals surface area contributed by atoms with Gasteiger partial charge in [0.25, 0.3) is 11.8 Å². The van der Waals surface area contributed by atoms with Crippen LogP contribution in [0.15, 0.2) is 60.2 Å². The van der Waals surface area contributed by atoms with Crippen molar-refractivity contribution in [1.29, 1.82) is 0 Å². The van der Waals surface area contributed by atoms with Gasteiger partial charge in [-0.05, 0) is 73.9 Å². The van der Waals surface area contributed by atoms with Crippen molar-refractivity contribution in [3.8, 4) is 5.69 Å². The first-order valence-corrected chi connectivity index (χ1v) is 11.1. The van der Waals surface area contributed by atoms with Crippen molar-refractivity contribution >= 4 is 35.6 Å². The summed E-state index contributed by atoms with van der Waals surface area (Å²) in [4.78, 5) is 51.3. The number of aryl methyl sites for hydroxylation is 2. The number of amides is 4. The molecular weight excluding hydrogens is 446 g/mol. The van der Waals surface area contributed by atoms with Crippen LogP contribution in [0.3, 0.4) is 0 Å². The molecule has 4 amide bonds. The van der Waals surface area contributed by atoms with Crippen LogP contribution in [-0.2, 0) is 20.7 Å². The van der Waals surface area contributed by atoms with Crippen LogP contribution >= 0.6 is 0 Å². The van der Waals surface area contributed by atoms with E-state index in [-0.39, 0.29) is 5.57 Å². The molecule has 0 unspecified atom stereocenters. The van der Waals surface area contributed by atoms with E-state index >= 15 is 0 Å². The van der Waals surface area contributed by atoms with Crippen LogP contribution < -0.4 is 10.2 Å². The van der Waals surface area contributed by atoms with Gasteiger partial charge in [-0.1, -0.05) is 25.1 Å². The zero-order chi connectivity index (χ0) is 25.3. The molecule has 1 N–H and O–H groups in total. The molecule has 0 bridgehead atoms. The molecule has 2 aromatic carbocycles. The van der Waals surface area contributed by atoms with E-state index in [9.17, 15) is 19.2 Å². The highest BCUT2D eigenvalue weighted by Crippen LogP contribution is 2.26. The molecule has 0 radical (unpaired) electrons. The lowest BCUT2D eigenvalue weighted by Gasteiger charge is -2.26. The molecule has 1 aromatic heterocycles. The van der Waals surface area contributed by atoms with Gasteiger partial charge in [0.2, 0.25) is 0 Å². The molecule has 1 saturated heterocycles. The van der Waals surface area contributed by atoms with E-state index in [1.165, 1.54) is 13.2 Å². The highest BCUT2D eigenvalue weighted by molar-refractivity contribution is 6.39. The van der Waals surface area contributed by atoms with Crippen LogP contribution in [0.4, 0.5) is 10.5 Å². The van der Waals surface area contributed by atoms with Gasteiger partial charge in [-0.15, -0.1) is 0 Å². The Morgan fingerprint density at radius 1 is 1.00 bits per heavy atom. The number of nitrogens with one attached hydrogen (secondary N) is 1. The Morgan fingerprint density at radius 3 is 2.37 bits per heavy atom. The number of urea groups is 1. The molecule has 2 heterocycles. The number of benzene rings is 2. The number of imide groups is 2. The topological polar surface area (TPSA) is 97.7 Å². The van der Waals surface area contributed by atoms with Crippen LogP contribution in [0.1, 0.15) is 39.8 Å². The third-order valence-electron chi connectivity index (χ3n) is 6.00. The second kappa shape index (κ2) is 9.42. The van der Waals surface area contributed by atoms with E-state index in [0.29, 0.717) is 16.8 Å². The first kappa shape index (κ1) is 23.7. The SMILES string of the molecule is CCc1ccc(N2C(=O)NC(=O)/C(=C\c3cc(C)n(-c4cccc(C(=O)OC)c4)c3C)C2=O)cc1. The number of ether oxygens (including phenoxy) is 1. The Kier molecular flexibility index (Phi) is 6.38. The molecule has 8 nitrogen and oxygen atoms in total. The van der Waals surface area contributed by atoms with Crippen molar-refractivity contribution < 1.29 is 23.9 Å². The average molecular weight is 472 g/mol. The second-order valence-corrected chi connectivity index (χ2v) is 8.18. The summed E-state index contributed by atoms with van der Waals surface area (Å²) >= 11 is 0. The van der Waals surface area contributed by atoms with Crippen molar-refractivity contribution in [2.75, 3.05) is 12.0 Å². The van der Waals surface area contributed by atoms with E-state index < -0.39 is 23.8 Å². The summed E-state index contributed by atoms with van der Waals surface area (Å²) in [6.45, 7) is 5.74. The first-order valence-electron chi connectivity index (χ1n) is 11.1. The molecule has 0 aliphatic carbocycles. The van der Waals surface area contributed by atoms with Crippen molar-refractivity contribution in [1.82, 2.24) is 9.88 Å². The van der Waals surface area contributed by atoms with Crippen molar-refractivity contribution in [2.24, 2.45) is 0 Å². The largest absolute Gasteiger partial charge is 0.465 e. The van der Waals surface area contributed by atoms with E-state index in [0.717, 1.165) is 34.0 Å². The van der Waals surface area contributed by atoms with Gasteiger partial charge in [0.15, 0.2) is 0 Å². The third-order valence-corrected chi connectivity index (χ3v) is 6.00. The molecule has 1 aliphatic heterocycles. The molecule has 4 rings (SSSR count). The number of barbiturate groups is 1. The number of carbonyl (C=O) groups is 4. The Bertz CT molecular complexity index is 1380. The predicted octanol–water partition coefficient (Wildman–Crippen LogP) is 4.11. The number of nitrogens with zero attached hydrogens (tertiary/aromatic N) is 2. The normalized spacial score (nSPS) is 14.9. The lowest BCUT2D eigenvalue weighted by Crippen LogP contribution is -2.54. The van der Waals surface area contributed by atoms with Gasteiger partial charge in [0, 0.05) is 17.1 Å². The Labute approximate surface area is 202 Å². The quantitative estimate of drug-likeness (QED) is 0.343. The minimum absolute atomic E-state index is 0.146. The number of methoxy groups -OCH3 is 1. The van der Waals surface area contributed by atoms with E-state index in [2.05, 4.69) is 5.32 Å². The summed E-state index contributed by atoms with van der Waals surface area (Å²) in [5.41, 5.74) is 4.67. The number of hydrogen-bond donors (Lipinski definition) is 1.